The van der Waals surface area contributed by atoms with Gasteiger partial charge in [-0.15, -0.1) is 0 Å². The number of hydrogen-bond acceptors (Lipinski definition) is 4. The van der Waals surface area contributed by atoms with Crippen LogP contribution in [0.1, 0.15) is 57.1 Å². The first-order valence-corrected chi connectivity index (χ1v) is 15.1. The van der Waals surface area contributed by atoms with E-state index < -0.39 is 16.1 Å². The molecule has 204 valence electrons. The summed E-state index contributed by atoms with van der Waals surface area (Å²) in [6.07, 6.45) is 3.76. The van der Waals surface area contributed by atoms with E-state index in [0.29, 0.717) is 35.1 Å². The number of benzene rings is 2. The van der Waals surface area contributed by atoms with Crippen molar-refractivity contribution in [2.45, 2.75) is 65.5 Å². The van der Waals surface area contributed by atoms with Gasteiger partial charge >= 0.3 is 0 Å². The van der Waals surface area contributed by atoms with Crippen molar-refractivity contribution in [3.8, 4) is 0 Å². The first kappa shape index (κ1) is 30.9. The molecule has 0 aliphatic carbocycles. The van der Waals surface area contributed by atoms with Crippen molar-refractivity contribution in [2.24, 2.45) is 0 Å². The SMILES string of the molecule is CCCCNC(=O)[C@@H](CC)N(Cc1ccc(Cl)c(Cl)c1)C(=O)CCCN(c1cccc(C)c1)S(C)(=O)=O. The van der Waals surface area contributed by atoms with Crippen LogP contribution in [-0.2, 0) is 26.2 Å². The van der Waals surface area contributed by atoms with Gasteiger partial charge in [-0.2, -0.15) is 0 Å². The summed E-state index contributed by atoms with van der Waals surface area (Å²) in [5, 5.41) is 3.71. The number of carbonyl (C=O) groups excluding carboxylic acids is 2. The molecule has 0 saturated carbocycles. The van der Waals surface area contributed by atoms with Crippen molar-refractivity contribution in [2.75, 3.05) is 23.7 Å². The zero-order chi connectivity index (χ0) is 27.6. The van der Waals surface area contributed by atoms with Crippen molar-refractivity contribution in [3.63, 3.8) is 0 Å². The predicted octanol–water partition coefficient (Wildman–Crippen LogP) is 5.57. The van der Waals surface area contributed by atoms with Crippen LogP contribution in [0.25, 0.3) is 0 Å². The Morgan fingerprint density at radius 2 is 1.76 bits per heavy atom. The number of amides is 2. The van der Waals surface area contributed by atoms with E-state index in [4.69, 9.17) is 23.2 Å². The maximum atomic E-state index is 13.5. The third-order valence-corrected chi connectivity index (χ3v) is 7.93. The lowest BCUT2D eigenvalue weighted by molar-refractivity contribution is -0.141. The molecule has 2 amide bonds. The van der Waals surface area contributed by atoms with E-state index in [1.807, 2.05) is 26.8 Å². The first-order chi connectivity index (χ1) is 17.5. The first-order valence-electron chi connectivity index (χ1n) is 12.5. The third-order valence-electron chi connectivity index (χ3n) is 5.99. The number of sulfonamides is 1. The maximum absolute atomic E-state index is 13.5. The molecule has 2 aromatic rings. The fourth-order valence-corrected chi connectivity index (χ4v) is 5.33. The second kappa shape index (κ2) is 14.6. The van der Waals surface area contributed by atoms with Crippen LogP contribution in [0.2, 0.25) is 10.0 Å². The van der Waals surface area contributed by atoms with Gasteiger partial charge in [0.1, 0.15) is 6.04 Å². The number of anilines is 1. The molecule has 37 heavy (non-hydrogen) atoms. The molecule has 0 bridgehead atoms. The number of nitrogens with one attached hydrogen (secondary N) is 1. The Balaban J connectivity index is 2.22. The number of unbranched alkanes of at least 4 members (excludes halogenated alkanes) is 1. The molecular weight excluding hydrogens is 533 g/mol. The van der Waals surface area contributed by atoms with E-state index in [2.05, 4.69) is 5.32 Å². The highest BCUT2D eigenvalue weighted by molar-refractivity contribution is 7.92. The molecule has 1 atom stereocenters. The van der Waals surface area contributed by atoms with Crippen molar-refractivity contribution in [1.82, 2.24) is 10.2 Å². The van der Waals surface area contributed by atoms with Crippen LogP contribution in [0.4, 0.5) is 5.69 Å². The van der Waals surface area contributed by atoms with Crippen molar-refractivity contribution in [3.05, 3.63) is 63.6 Å². The largest absolute Gasteiger partial charge is 0.354 e. The number of halogens is 2. The second-order valence-electron chi connectivity index (χ2n) is 9.12. The van der Waals surface area contributed by atoms with Crippen LogP contribution in [-0.4, -0.2) is 50.5 Å². The molecule has 0 heterocycles. The van der Waals surface area contributed by atoms with Gasteiger partial charge in [0.2, 0.25) is 21.8 Å². The van der Waals surface area contributed by atoms with Gasteiger partial charge in [-0.1, -0.05) is 61.7 Å². The summed E-state index contributed by atoms with van der Waals surface area (Å²) in [7, 11) is -3.54. The normalized spacial score (nSPS) is 12.2. The Hall–Kier alpha value is -2.29. The average Bonchev–Trinajstić information content (AvgIpc) is 2.83. The predicted molar refractivity (Wildman–Crippen MR) is 152 cm³/mol. The molecule has 0 aromatic heterocycles. The minimum Gasteiger partial charge on any atom is -0.354 e. The van der Waals surface area contributed by atoms with E-state index in [1.165, 1.54) is 4.31 Å². The van der Waals surface area contributed by atoms with Crippen LogP contribution in [0.5, 0.6) is 0 Å². The monoisotopic (exact) mass is 569 g/mol. The Bertz CT molecular complexity index is 1170. The minimum absolute atomic E-state index is 0.0812. The highest BCUT2D eigenvalue weighted by Crippen LogP contribution is 2.25. The van der Waals surface area contributed by atoms with Crippen LogP contribution < -0.4 is 9.62 Å². The number of nitrogens with zero attached hydrogens (tertiary/aromatic N) is 2. The standard InChI is InChI=1S/C27H37Cl2N3O4S/c1-5-7-15-30-27(34)25(6-2)31(19-21-13-14-23(28)24(29)18-21)26(33)12-9-16-32(37(4,35)36)22-11-8-10-20(3)17-22/h8,10-11,13-14,17-18,25H,5-7,9,12,15-16,19H2,1-4H3,(H,30,34)/t25-/m1/s1. The quantitative estimate of drug-likeness (QED) is 0.301. The summed E-state index contributed by atoms with van der Waals surface area (Å²) < 4.78 is 26.3. The van der Waals surface area contributed by atoms with Crippen LogP contribution in [0.3, 0.4) is 0 Å². The average molecular weight is 571 g/mol. The smallest absolute Gasteiger partial charge is 0.242 e. The Kier molecular flexibility index (Phi) is 12.2. The molecule has 0 radical (unpaired) electrons. The van der Waals surface area contributed by atoms with Gasteiger partial charge < -0.3 is 10.2 Å². The summed E-state index contributed by atoms with van der Waals surface area (Å²) >= 11 is 12.2. The maximum Gasteiger partial charge on any atom is 0.242 e. The zero-order valence-electron chi connectivity index (χ0n) is 22.0. The van der Waals surface area contributed by atoms with Crippen LogP contribution in [0.15, 0.2) is 42.5 Å². The summed E-state index contributed by atoms with van der Waals surface area (Å²) in [5.41, 5.74) is 2.25. The molecule has 7 nitrogen and oxygen atoms in total. The molecule has 10 heteroatoms. The van der Waals surface area contributed by atoms with Crippen LogP contribution >= 0.6 is 23.2 Å². The van der Waals surface area contributed by atoms with Gasteiger partial charge in [0.15, 0.2) is 0 Å². The van der Waals surface area contributed by atoms with Crippen molar-refractivity contribution < 1.29 is 18.0 Å². The Labute approximate surface area is 231 Å². The Morgan fingerprint density at radius 3 is 2.35 bits per heavy atom. The molecule has 1 N–H and O–H groups in total. The van der Waals surface area contributed by atoms with E-state index in [-0.39, 0.29) is 31.3 Å². The lowest BCUT2D eigenvalue weighted by Crippen LogP contribution is -2.49. The lowest BCUT2D eigenvalue weighted by atomic mass is 10.1. The molecular formula is C27H37Cl2N3O4S. The van der Waals surface area contributed by atoms with E-state index in [9.17, 15) is 18.0 Å². The van der Waals surface area contributed by atoms with Gasteiger partial charge in [0.05, 0.1) is 22.0 Å². The van der Waals surface area contributed by atoms with Gasteiger partial charge in [-0.05, 0) is 61.6 Å². The van der Waals surface area contributed by atoms with Crippen molar-refractivity contribution in [1.29, 1.82) is 0 Å². The summed E-state index contributed by atoms with van der Waals surface area (Å²) in [6.45, 7) is 6.67. The van der Waals surface area contributed by atoms with Crippen molar-refractivity contribution >= 4 is 50.7 Å². The number of aryl methyl sites for hydroxylation is 1. The molecule has 0 saturated heterocycles. The highest BCUT2D eigenvalue weighted by Gasteiger charge is 2.29. The van der Waals surface area contributed by atoms with E-state index in [0.717, 1.165) is 30.2 Å². The van der Waals surface area contributed by atoms with E-state index >= 15 is 0 Å². The van der Waals surface area contributed by atoms with E-state index in [1.54, 1.807) is 41.3 Å². The molecule has 0 fully saturated rings. The third kappa shape index (κ3) is 9.51. The number of hydrogen-bond donors (Lipinski definition) is 1. The summed E-state index contributed by atoms with van der Waals surface area (Å²) in [5.74, 6) is -0.442. The van der Waals surface area contributed by atoms with Gasteiger partial charge in [-0.3, -0.25) is 13.9 Å². The minimum atomic E-state index is -3.54. The van der Waals surface area contributed by atoms with Gasteiger partial charge in [0, 0.05) is 26.1 Å². The summed E-state index contributed by atoms with van der Waals surface area (Å²) in [6, 6.07) is 11.7. The molecule has 2 rings (SSSR count). The molecule has 2 aromatic carbocycles. The number of carbonyl (C=O) groups is 2. The van der Waals surface area contributed by atoms with Gasteiger partial charge in [0.25, 0.3) is 0 Å². The highest BCUT2D eigenvalue weighted by atomic mass is 35.5. The molecule has 0 aliphatic rings. The summed E-state index contributed by atoms with van der Waals surface area (Å²) in [4.78, 5) is 28.0. The number of rotatable bonds is 14. The Morgan fingerprint density at radius 1 is 1.03 bits per heavy atom. The molecule has 0 spiro atoms. The second-order valence-corrected chi connectivity index (χ2v) is 11.8. The van der Waals surface area contributed by atoms with Gasteiger partial charge in [-0.25, -0.2) is 8.42 Å². The topological polar surface area (TPSA) is 86.8 Å². The zero-order valence-corrected chi connectivity index (χ0v) is 24.3. The molecule has 0 unspecified atom stereocenters. The van der Waals surface area contributed by atoms with Crippen LogP contribution in [0, 0.1) is 6.92 Å². The molecule has 0 aliphatic heterocycles. The fraction of sp³-hybridized carbons (Fsp3) is 0.481. The fourth-order valence-electron chi connectivity index (χ4n) is 4.05. The lowest BCUT2D eigenvalue weighted by Gasteiger charge is -2.31.